The molecule has 3 aliphatic heterocycles. The summed E-state index contributed by atoms with van der Waals surface area (Å²) in [4.78, 5) is 21.7. The number of carbonyl (C=O) groups excluding carboxylic acids is 2. The molecule has 242 valence electrons. The highest BCUT2D eigenvalue weighted by molar-refractivity contribution is 6.41. The smallest absolute Gasteiger partial charge is 0.381 e. The summed E-state index contributed by atoms with van der Waals surface area (Å²) in [5.41, 5.74) is 1.61. The first-order chi connectivity index (χ1) is 20.2. The van der Waals surface area contributed by atoms with Crippen LogP contribution in [0.3, 0.4) is 0 Å². The van der Waals surface area contributed by atoms with Crippen LogP contribution in [0.1, 0.15) is 40.2 Å². The first-order valence-electron chi connectivity index (χ1n) is 13.0. The molecule has 2 aromatic rings. The number of alkyl halides is 12. The first kappa shape index (κ1) is 33.4. The van der Waals surface area contributed by atoms with Gasteiger partial charge in [0.25, 0.3) is 0 Å². The first-order valence-corrected chi connectivity index (χ1v) is 13.0. The Kier molecular flexibility index (Phi) is 8.94. The summed E-state index contributed by atoms with van der Waals surface area (Å²) in [5.74, 6) is -5.93. The molecule has 0 radical (unpaired) electrons. The van der Waals surface area contributed by atoms with Crippen LogP contribution in [-0.2, 0) is 34.9 Å². The Hall–Kier alpha value is -3.50. The molecule has 0 saturated carbocycles. The highest BCUT2D eigenvalue weighted by Crippen LogP contribution is 2.46. The molecule has 5 rings (SSSR count). The van der Waals surface area contributed by atoms with Gasteiger partial charge in [-0.3, -0.25) is 9.59 Å². The number of ketones is 2. The van der Waals surface area contributed by atoms with E-state index in [-0.39, 0.29) is 18.2 Å². The number of anilines is 2. The van der Waals surface area contributed by atoms with Gasteiger partial charge in [0.2, 0.25) is 0 Å². The summed E-state index contributed by atoms with van der Waals surface area (Å²) in [6.45, 7) is 3.66. The van der Waals surface area contributed by atoms with Crippen molar-refractivity contribution in [1.29, 1.82) is 0 Å². The van der Waals surface area contributed by atoms with Crippen LogP contribution in [0.25, 0.3) is 0 Å². The molecular weight excluding hydrogens is 626 g/mol. The third-order valence-corrected chi connectivity index (χ3v) is 7.55. The SMILES string of the molecule is FC(F)(F)c1ccc(CNc2cc3c4c(c2)[C@@H]2CNC[C@@H]2CN4CCC3)c(C(F)(F)F)c1.O=C(C(=O)C(F)(F)F)C(F)(F)F. The molecule has 0 bridgehead atoms. The van der Waals surface area contributed by atoms with Crippen LogP contribution in [0, 0.1) is 5.92 Å². The van der Waals surface area contributed by atoms with Crippen LogP contribution in [0.5, 0.6) is 0 Å². The van der Waals surface area contributed by atoms with Crippen molar-refractivity contribution in [1.82, 2.24) is 5.32 Å². The van der Waals surface area contributed by atoms with Crippen molar-refractivity contribution in [2.24, 2.45) is 5.92 Å². The van der Waals surface area contributed by atoms with Gasteiger partial charge >= 0.3 is 36.3 Å². The van der Waals surface area contributed by atoms with Crippen molar-refractivity contribution in [3.63, 3.8) is 0 Å². The number of Topliss-reactive ketones (excluding diaryl/α,β-unsaturated/α-hetero) is 2. The molecule has 0 amide bonds. The van der Waals surface area contributed by atoms with Crippen LogP contribution in [-0.4, -0.2) is 50.1 Å². The van der Waals surface area contributed by atoms with Gasteiger partial charge in [0.05, 0.1) is 11.1 Å². The lowest BCUT2D eigenvalue weighted by molar-refractivity contribution is -0.193. The average molecular weight is 649 g/mol. The Bertz CT molecular complexity index is 1390. The van der Waals surface area contributed by atoms with Crippen molar-refractivity contribution in [3.8, 4) is 0 Å². The molecule has 1 fully saturated rings. The molecule has 5 nitrogen and oxygen atoms in total. The van der Waals surface area contributed by atoms with Gasteiger partial charge in [0.1, 0.15) is 0 Å². The van der Waals surface area contributed by atoms with E-state index in [1.165, 1.54) is 16.8 Å². The predicted molar refractivity (Wildman–Crippen MR) is 132 cm³/mol. The van der Waals surface area contributed by atoms with E-state index >= 15 is 0 Å². The van der Waals surface area contributed by atoms with Crippen molar-refractivity contribution in [2.75, 3.05) is 36.4 Å². The van der Waals surface area contributed by atoms with E-state index < -0.39 is 47.4 Å². The predicted octanol–water partition coefficient (Wildman–Crippen LogP) is 6.65. The van der Waals surface area contributed by atoms with E-state index in [1.54, 1.807) is 0 Å². The Morgan fingerprint density at radius 2 is 1.48 bits per heavy atom. The molecule has 2 N–H and O–H groups in total. The highest BCUT2D eigenvalue weighted by atomic mass is 19.4. The number of hydrogen-bond donors (Lipinski definition) is 2. The average Bonchev–Trinajstić information content (AvgIpc) is 3.38. The molecule has 2 atom stereocenters. The number of hydrogen-bond acceptors (Lipinski definition) is 5. The van der Waals surface area contributed by atoms with E-state index in [0.29, 0.717) is 23.6 Å². The van der Waals surface area contributed by atoms with Crippen LogP contribution in [0.4, 0.5) is 64.1 Å². The summed E-state index contributed by atoms with van der Waals surface area (Å²) >= 11 is 0. The third-order valence-electron chi connectivity index (χ3n) is 7.55. The Morgan fingerprint density at radius 3 is 2.05 bits per heavy atom. The number of benzene rings is 2. The molecule has 44 heavy (non-hydrogen) atoms. The van der Waals surface area contributed by atoms with Crippen LogP contribution >= 0.6 is 0 Å². The maximum absolute atomic E-state index is 13.5. The van der Waals surface area contributed by atoms with Gasteiger partial charge in [-0.2, -0.15) is 52.7 Å². The summed E-state index contributed by atoms with van der Waals surface area (Å²) in [6.07, 6.45) is -19.3. The van der Waals surface area contributed by atoms with Crippen molar-refractivity contribution in [2.45, 2.75) is 50.0 Å². The highest BCUT2D eigenvalue weighted by Gasteiger charge is 2.54. The quantitative estimate of drug-likeness (QED) is 0.287. The molecule has 3 heterocycles. The lowest BCUT2D eigenvalue weighted by Gasteiger charge is -2.42. The van der Waals surface area contributed by atoms with Gasteiger partial charge in [0, 0.05) is 50.0 Å². The summed E-state index contributed by atoms with van der Waals surface area (Å²) in [5, 5.41) is 6.50. The van der Waals surface area contributed by atoms with Crippen molar-refractivity contribution in [3.05, 3.63) is 58.1 Å². The summed E-state index contributed by atoms with van der Waals surface area (Å²) in [6, 6.07) is 5.80. The second-order valence-corrected chi connectivity index (χ2v) is 10.5. The summed E-state index contributed by atoms with van der Waals surface area (Å²) in [7, 11) is 0. The number of nitrogens with zero attached hydrogens (tertiary/aromatic N) is 1. The van der Waals surface area contributed by atoms with Crippen LogP contribution in [0.15, 0.2) is 30.3 Å². The lowest BCUT2D eigenvalue weighted by atomic mass is 9.80. The zero-order chi connectivity index (χ0) is 32.8. The maximum Gasteiger partial charge on any atom is 0.458 e. The monoisotopic (exact) mass is 649 g/mol. The molecule has 0 aromatic heterocycles. The fourth-order valence-corrected chi connectivity index (χ4v) is 5.63. The molecule has 0 aliphatic carbocycles. The van der Waals surface area contributed by atoms with Gasteiger partial charge in [-0.05, 0) is 59.7 Å². The van der Waals surface area contributed by atoms with E-state index in [0.717, 1.165) is 45.1 Å². The second-order valence-electron chi connectivity index (χ2n) is 10.5. The number of rotatable bonds is 4. The summed E-state index contributed by atoms with van der Waals surface area (Å²) < 4.78 is 146. The van der Waals surface area contributed by atoms with Crippen LogP contribution in [0.2, 0.25) is 0 Å². The molecule has 2 aromatic carbocycles. The van der Waals surface area contributed by atoms with Gasteiger partial charge in [-0.1, -0.05) is 6.07 Å². The molecular formula is C27H23F12N3O2. The molecule has 17 heteroatoms. The number of carbonyl (C=O) groups is 2. The third kappa shape index (κ3) is 7.24. The standard InChI is InChI=1S/C23H23F6N3.C4F6O2/c24-22(25,26)16-4-3-14(20(7-16)23(27,28)29)10-31-17-6-13-2-1-5-32-12-15-9-30-11-19(15)18(8-17)21(13)32;5-3(6,7)1(11)2(12)4(8,9)10/h3-4,6-8,15,19,30-31H,1-2,5,9-12H2;/t15-,19-;/m1./s1. The van der Waals surface area contributed by atoms with Gasteiger partial charge < -0.3 is 15.5 Å². The lowest BCUT2D eigenvalue weighted by Crippen LogP contribution is -2.41. The van der Waals surface area contributed by atoms with E-state index in [9.17, 15) is 62.3 Å². The second kappa shape index (κ2) is 11.8. The normalized spacial score (nSPS) is 19.9. The maximum atomic E-state index is 13.5. The number of nitrogens with one attached hydrogen (secondary N) is 2. The number of aryl methyl sites for hydroxylation is 1. The fraction of sp³-hybridized carbons (Fsp3) is 0.481. The topological polar surface area (TPSA) is 61.4 Å². The van der Waals surface area contributed by atoms with E-state index in [2.05, 4.69) is 15.5 Å². The largest absolute Gasteiger partial charge is 0.458 e. The Balaban J connectivity index is 0.000000314. The van der Waals surface area contributed by atoms with Crippen LogP contribution < -0.4 is 15.5 Å². The number of halogens is 12. The molecule has 0 spiro atoms. The van der Waals surface area contributed by atoms with Crippen molar-refractivity contribution < 1.29 is 62.3 Å². The van der Waals surface area contributed by atoms with Crippen molar-refractivity contribution >= 4 is 22.9 Å². The molecule has 0 unspecified atom stereocenters. The number of fused-ring (bicyclic) bond motifs is 2. The Morgan fingerprint density at radius 1 is 0.841 bits per heavy atom. The van der Waals surface area contributed by atoms with Gasteiger partial charge in [-0.25, -0.2) is 0 Å². The fourth-order valence-electron chi connectivity index (χ4n) is 5.63. The molecule has 3 aliphatic rings. The van der Waals surface area contributed by atoms with E-state index in [4.69, 9.17) is 0 Å². The van der Waals surface area contributed by atoms with Gasteiger partial charge in [-0.15, -0.1) is 0 Å². The zero-order valence-corrected chi connectivity index (χ0v) is 22.3. The minimum absolute atomic E-state index is 0.195. The Labute approximate surface area is 241 Å². The minimum atomic E-state index is -5.77. The van der Waals surface area contributed by atoms with Gasteiger partial charge in [0.15, 0.2) is 0 Å². The minimum Gasteiger partial charge on any atom is -0.381 e. The van der Waals surface area contributed by atoms with E-state index in [1.807, 2.05) is 12.1 Å². The zero-order valence-electron chi connectivity index (χ0n) is 22.3. The molecule has 1 saturated heterocycles.